The minimum absolute atomic E-state index is 0.0283. The summed E-state index contributed by atoms with van der Waals surface area (Å²) in [5, 5.41) is 22.1. The first-order valence-electron chi connectivity index (χ1n) is 12.9. The molecule has 3 fully saturated rings. The van der Waals surface area contributed by atoms with Crippen LogP contribution in [-0.4, -0.2) is 109 Å². The van der Waals surface area contributed by atoms with Crippen LogP contribution < -0.4 is 11.5 Å². The van der Waals surface area contributed by atoms with Crippen molar-refractivity contribution in [3.05, 3.63) is 25.3 Å². The largest absolute Gasteiger partial charge is 0.472 e. The molecule has 242 valence electrons. The first kappa shape index (κ1) is 30.4. The fraction of sp³-hybridized carbons (Fsp3) is 0.500. The molecule has 23 nitrogen and oxygen atoms in total. The van der Waals surface area contributed by atoms with Gasteiger partial charge in [-0.25, -0.2) is 44.2 Å². The van der Waals surface area contributed by atoms with Crippen molar-refractivity contribution in [3.8, 4) is 0 Å². The maximum absolute atomic E-state index is 13.1. The maximum Gasteiger partial charge on any atom is 0.472 e. The lowest BCUT2D eigenvalue weighted by Crippen LogP contribution is -2.37. The lowest BCUT2D eigenvalue weighted by molar-refractivity contribution is -0.379. The third-order valence-electron chi connectivity index (χ3n) is 7.13. The van der Waals surface area contributed by atoms with Crippen molar-refractivity contribution in [3.63, 3.8) is 0 Å². The smallest absolute Gasteiger partial charge is 0.387 e. The predicted molar refractivity (Wildman–Crippen MR) is 142 cm³/mol. The quantitative estimate of drug-likeness (QED) is 0.102. The molecule has 0 radical (unpaired) electrons. The number of aliphatic hydroxyl groups excluding tert-OH is 2. The number of imidazole rings is 2. The number of phosphoric ester groups is 1. The third-order valence-corrected chi connectivity index (χ3v) is 9.12. The third kappa shape index (κ3) is 5.46. The van der Waals surface area contributed by atoms with Crippen molar-refractivity contribution in [2.45, 2.75) is 49.3 Å². The molecule has 0 saturated carbocycles. The Balaban J connectivity index is 1.17. The number of fused-ring (bicyclic) bond motifs is 5. The molecule has 7 rings (SSSR count). The van der Waals surface area contributed by atoms with Crippen molar-refractivity contribution in [2.75, 3.05) is 24.4 Å². The van der Waals surface area contributed by atoms with Gasteiger partial charge in [-0.05, 0) is 0 Å². The number of phosphoric acid groups is 1. The van der Waals surface area contributed by atoms with Gasteiger partial charge in [-0.1, -0.05) is 0 Å². The topological polar surface area (TPSA) is 319 Å². The van der Waals surface area contributed by atoms with Gasteiger partial charge in [0.15, 0.2) is 47.8 Å². The van der Waals surface area contributed by atoms with E-state index in [2.05, 4.69) is 29.9 Å². The van der Waals surface area contributed by atoms with Gasteiger partial charge in [0, 0.05) is 0 Å². The van der Waals surface area contributed by atoms with Crippen LogP contribution in [0.4, 0.5) is 11.6 Å². The predicted octanol–water partition coefficient (Wildman–Crippen LogP) is -1.70. The van der Waals surface area contributed by atoms with E-state index in [1.807, 2.05) is 0 Å². The van der Waals surface area contributed by atoms with E-state index in [4.69, 9.17) is 44.3 Å². The summed E-state index contributed by atoms with van der Waals surface area (Å²) in [6.45, 7) is -0.789. The standard InChI is InChI=1S/C20H24N10O13P2/c21-14-8-16(25-2-23-14)29(4-27-8)18-11(32)13-20(40-18)41-37-6-44(33,34)42-12-10(31)7(1-38-45(35,36)43-13)39-19(12)30-5-28-9-15(22)24-3-26-17(9)30/h2-5,7,10-13,18-20,31-32H,1,6H2,(H,33,34)(H,35,36)(H2,21,23,25)(H2,22,24,26)/t7-,10?,11+,12+,13?,18-,19-,20-/m1/s1. The summed E-state index contributed by atoms with van der Waals surface area (Å²) in [5.41, 5.74) is 12.3. The summed E-state index contributed by atoms with van der Waals surface area (Å²) in [6.07, 6.45) is -9.23. The number of nitrogens with two attached hydrogens (primary N) is 2. The highest BCUT2D eigenvalue weighted by molar-refractivity contribution is 7.52. The second-order valence-electron chi connectivity index (χ2n) is 9.99. The Morgan fingerprint density at radius 3 is 2.07 bits per heavy atom. The first-order valence-corrected chi connectivity index (χ1v) is 16.2. The molecule has 25 heteroatoms. The number of aliphatic hydroxyl groups is 2. The highest BCUT2D eigenvalue weighted by atomic mass is 31.2. The van der Waals surface area contributed by atoms with Crippen LogP contribution in [0.25, 0.3) is 22.3 Å². The van der Waals surface area contributed by atoms with Crippen LogP contribution in [0, 0.1) is 0 Å². The summed E-state index contributed by atoms with van der Waals surface area (Å²) in [4.78, 5) is 55.3. The van der Waals surface area contributed by atoms with Crippen molar-refractivity contribution in [2.24, 2.45) is 0 Å². The normalized spacial score (nSPS) is 38.0. The molecule has 3 aliphatic heterocycles. The Morgan fingerprint density at radius 2 is 1.42 bits per heavy atom. The zero-order valence-electron chi connectivity index (χ0n) is 22.4. The zero-order valence-corrected chi connectivity index (χ0v) is 24.2. The Morgan fingerprint density at radius 1 is 0.800 bits per heavy atom. The molecule has 10 atom stereocenters. The zero-order chi connectivity index (χ0) is 31.7. The van der Waals surface area contributed by atoms with E-state index in [0.717, 1.165) is 12.7 Å². The Hall–Kier alpha value is -3.28. The lowest BCUT2D eigenvalue weighted by Gasteiger charge is -2.26. The van der Waals surface area contributed by atoms with Gasteiger partial charge >= 0.3 is 15.4 Å². The molecule has 0 aromatic carbocycles. The molecular formula is C20H24N10O13P2. The van der Waals surface area contributed by atoms with Crippen LogP contribution in [0.15, 0.2) is 25.3 Å². The van der Waals surface area contributed by atoms with Crippen LogP contribution in [0.5, 0.6) is 0 Å². The van der Waals surface area contributed by atoms with Gasteiger partial charge in [0.2, 0.25) is 6.29 Å². The molecule has 0 spiro atoms. The van der Waals surface area contributed by atoms with Gasteiger partial charge in [0.1, 0.15) is 48.1 Å². The number of ether oxygens (including phenoxy) is 2. The molecule has 4 aromatic rings. The van der Waals surface area contributed by atoms with Crippen molar-refractivity contribution >= 4 is 49.4 Å². The first-order chi connectivity index (χ1) is 21.4. The number of hydrogen-bond acceptors (Lipinski definition) is 19. The molecule has 7 heterocycles. The van der Waals surface area contributed by atoms with Gasteiger partial charge in [0.05, 0.1) is 19.3 Å². The summed E-state index contributed by atoms with van der Waals surface area (Å²) >= 11 is 0. The lowest BCUT2D eigenvalue weighted by atomic mass is 10.1. The Bertz CT molecular complexity index is 1840. The fourth-order valence-corrected chi connectivity index (χ4v) is 6.87. The fourth-order valence-electron chi connectivity index (χ4n) is 5.08. The Labute approximate surface area is 249 Å². The monoisotopic (exact) mass is 674 g/mol. The van der Waals surface area contributed by atoms with E-state index in [9.17, 15) is 29.1 Å². The summed E-state index contributed by atoms with van der Waals surface area (Å²) in [6, 6.07) is 0. The van der Waals surface area contributed by atoms with Crippen molar-refractivity contribution in [1.82, 2.24) is 39.0 Å². The minimum atomic E-state index is -5.08. The van der Waals surface area contributed by atoms with Crippen LogP contribution in [0.2, 0.25) is 0 Å². The number of nitrogens with zero attached hydrogens (tertiary/aromatic N) is 8. The van der Waals surface area contributed by atoms with Crippen LogP contribution in [0.3, 0.4) is 0 Å². The second kappa shape index (κ2) is 11.2. The number of anilines is 2. The van der Waals surface area contributed by atoms with E-state index in [-0.39, 0.29) is 34.0 Å². The maximum atomic E-state index is 13.1. The van der Waals surface area contributed by atoms with Gasteiger partial charge < -0.3 is 40.9 Å². The van der Waals surface area contributed by atoms with E-state index in [1.54, 1.807) is 0 Å². The highest BCUT2D eigenvalue weighted by Crippen LogP contribution is 2.52. The molecule has 8 N–H and O–H groups in total. The SMILES string of the molecule is Nc1ncnc2c1ncn2[C@@H]1O[C@@H]2OOCP(=O)(O)O[C@H]3C(O)[C@@H](COP(=O)(O)OC2[C@@H]1O)O[C@H]3n1cnc2c(N)ncnc21. The van der Waals surface area contributed by atoms with E-state index >= 15 is 0 Å². The number of nitrogen functional groups attached to an aromatic ring is 2. The highest BCUT2D eigenvalue weighted by Gasteiger charge is 2.53. The number of rotatable bonds is 2. The molecule has 2 bridgehead atoms. The van der Waals surface area contributed by atoms with Crippen LogP contribution >= 0.6 is 15.4 Å². The summed E-state index contributed by atoms with van der Waals surface area (Å²) in [7, 11) is -9.84. The second-order valence-corrected chi connectivity index (χ2v) is 13.1. The summed E-state index contributed by atoms with van der Waals surface area (Å²) < 4.78 is 55.9. The molecule has 4 unspecified atom stereocenters. The van der Waals surface area contributed by atoms with Crippen LogP contribution in [0.1, 0.15) is 12.5 Å². The van der Waals surface area contributed by atoms with Crippen molar-refractivity contribution < 1.29 is 62.0 Å². The molecule has 3 saturated heterocycles. The van der Waals surface area contributed by atoms with E-state index in [1.165, 1.54) is 21.8 Å². The van der Waals surface area contributed by atoms with Gasteiger partial charge in [-0.15, -0.1) is 0 Å². The number of hydrogen-bond donors (Lipinski definition) is 6. The minimum Gasteiger partial charge on any atom is -0.387 e. The average Bonchev–Trinajstić information content (AvgIpc) is 3.74. The molecule has 4 aromatic heterocycles. The average molecular weight is 674 g/mol. The van der Waals surface area contributed by atoms with E-state index < -0.39 is 77.6 Å². The molecule has 3 aliphatic rings. The molecular weight excluding hydrogens is 650 g/mol. The summed E-state index contributed by atoms with van der Waals surface area (Å²) in [5.74, 6) is 0.0628. The van der Waals surface area contributed by atoms with Gasteiger partial charge in [-0.3, -0.25) is 27.3 Å². The van der Waals surface area contributed by atoms with Gasteiger partial charge in [0.25, 0.3) is 0 Å². The number of aromatic nitrogens is 8. The molecule has 0 amide bonds. The van der Waals surface area contributed by atoms with Crippen LogP contribution in [-0.2, 0) is 42.0 Å². The molecule has 0 aliphatic carbocycles. The Kier molecular flexibility index (Phi) is 7.56. The van der Waals surface area contributed by atoms with Crippen molar-refractivity contribution in [1.29, 1.82) is 0 Å². The molecule has 45 heavy (non-hydrogen) atoms. The van der Waals surface area contributed by atoms with Gasteiger partial charge in [-0.2, -0.15) is 0 Å². The van der Waals surface area contributed by atoms with E-state index in [0.29, 0.717) is 0 Å².